The molecule has 0 aliphatic carbocycles. The fraction of sp³-hybridized carbons (Fsp3) is 0.0833. The van der Waals surface area contributed by atoms with Crippen molar-refractivity contribution in [3.05, 3.63) is 46.3 Å². The molecule has 1 aromatic carbocycles. The quantitative estimate of drug-likeness (QED) is 0.850. The lowest BCUT2D eigenvalue weighted by atomic mass is 10.1. The number of aryl methyl sites for hydroxylation is 1. The second-order valence-corrected chi connectivity index (χ2v) is 6.61. The van der Waals surface area contributed by atoms with E-state index in [0.717, 1.165) is 6.07 Å². The van der Waals surface area contributed by atoms with Gasteiger partial charge in [-0.15, -0.1) is 0 Å². The van der Waals surface area contributed by atoms with Crippen molar-refractivity contribution in [3.63, 3.8) is 0 Å². The third kappa shape index (κ3) is 3.56. The van der Waals surface area contributed by atoms with E-state index < -0.39 is 16.0 Å². The molecule has 0 atom stereocenters. The maximum Gasteiger partial charge on any atom is 0.335 e. The van der Waals surface area contributed by atoms with Gasteiger partial charge in [0.2, 0.25) is 0 Å². The van der Waals surface area contributed by atoms with Crippen molar-refractivity contribution in [2.24, 2.45) is 0 Å². The molecule has 0 unspecified atom stereocenters. The summed E-state index contributed by atoms with van der Waals surface area (Å²) in [5, 5.41) is 9.03. The second kappa shape index (κ2) is 5.78. The van der Waals surface area contributed by atoms with Crippen LogP contribution >= 0.6 is 15.9 Å². The SMILES string of the molecule is Cc1ccc(S(=O)(=O)Nc2cnc(Br)cn2)cc1C(=O)O. The van der Waals surface area contributed by atoms with E-state index in [1.807, 2.05) is 0 Å². The largest absolute Gasteiger partial charge is 0.478 e. The highest BCUT2D eigenvalue weighted by molar-refractivity contribution is 9.10. The Kier molecular flexibility index (Phi) is 4.24. The van der Waals surface area contributed by atoms with Gasteiger partial charge in [-0.05, 0) is 40.5 Å². The van der Waals surface area contributed by atoms with Gasteiger partial charge in [-0.3, -0.25) is 4.72 Å². The number of anilines is 1. The molecule has 9 heteroatoms. The number of hydrogen-bond acceptors (Lipinski definition) is 5. The first-order chi connectivity index (χ1) is 9.79. The van der Waals surface area contributed by atoms with Gasteiger partial charge in [0.05, 0.1) is 22.9 Å². The van der Waals surface area contributed by atoms with Gasteiger partial charge in [0.15, 0.2) is 5.82 Å². The number of carboxylic acids is 1. The monoisotopic (exact) mass is 371 g/mol. The Hall–Kier alpha value is -2.00. The number of aromatic carboxylic acids is 1. The molecule has 0 saturated heterocycles. The average Bonchev–Trinajstić information content (AvgIpc) is 2.41. The minimum atomic E-state index is -3.93. The van der Waals surface area contributed by atoms with Gasteiger partial charge in [-0.25, -0.2) is 23.2 Å². The molecule has 0 fully saturated rings. The highest BCUT2D eigenvalue weighted by atomic mass is 79.9. The van der Waals surface area contributed by atoms with Crippen LogP contribution in [0, 0.1) is 6.92 Å². The molecule has 0 aliphatic rings. The zero-order chi connectivity index (χ0) is 15.6. The lowest BCUT2D eigenvalue weighted by molar-refractivity contribution is 0.0696. The predicted octanol–water partition coefficient (Wildman–Crippen LogP) is 2.05. The van der Waals surface area contributed by atoms with Crippen molar-refractivity contribution in [1.82, 2.24) is 9.97 Å². The number of sulfonamides is 1. The third-order valence-corrected chi connectivity index (χ3v) is 4.37. The molecule has 0 saturated carbocycles. The Balaban J connectivity index is 2.38. The minimum absolute atomic E-state index is 0.0376. The molecule has 0 bridgehead atoms. The molecule has 7 nitrogen and oxygen atoms in total. The first kappa shape index (κ1) is 15.4. The second-order valence-electron chi connectivity index (χ2n) is 4.11. The summed E-state index contributed by atoms with van der Waals surface area (Å²) < 4.78 is 27.1. The summed E-state index contributed by atoms with van der Waals surface area (Å²) in [7, 11) is -3.93. The normalized spacial score (nSPS) is 11.1. The number of nitrogens with zero attached hydrogens (tertiary/aromatic N) is 2. The summed E-state index contributed by atoms with van der Waals surface area (Å²) in [6.45, 7) is 1.59. The van der Waals surface area contributed by atoms with E-state index in [9.17, 15) is 13.2 Å². The van der Waals surface area contributed by atoms with Gasteiger partial charge in [-0.2, -0.15) is 0 Å². The fourth-order valence-corrected chi connectivity index (χ4v) is 2.78. The lowest BCUT2D eigenvalue weighted by Crippen LogP contribution is -2.15. The Morgan fingerprint density at radius 3 is 2.57 bits per heavy atom. The number of carboxylic acid groups (broad SMARTS) is 1. The highest BCUT2D eigenvalue weighted by Crippen LogP contribution is 2.18. The van der Waals surface area contributed by atoms with Crippen LogP contribution in [0.5, 0.6) is 0 Å². The van der Waals surface area contributed by atoms with Gasteiger partial charge in [-0.1, -0.05) is 6.07 Å². The van der Waals surface area contributed by atoms with Crippen molar-refractivity contribution in [3.8, 4) is 0 Å². The van der Waals surface area contributed by atoms with Crippen molar-refractivity contribution in [1.29, 1.82) is 0 Å². The molecule has 0 radical (unpaired) electrons. The zero-order valence-corrected chi connectivity index (χ0v) is 13.1. The molecule has 2 rings (SSSR count). The number of nitrogens with one attached hydrogen (secondary N) is 1. The summed E-state index contributed by atoms with van der Waals surface area (Å²) in [5.74, 6) is -1.15. The summed E-state index contributed by atoms with van der Waals surface area (Å²) in [4.78, 5) is 18.6. The van der Waals surface area contributed by atoms with Crippen molar-refractivity contribution in [2.75, 3.05) is 4.72 Å². The van der Waals surface area contributed by atoms with E-state index in [2.05, 4.69) is 30.6 Å². The van der Waals surface area contributed by atoms with E-state index >= 15 is 0 Å². The molecule has 0 amide bonds. The number of halogens is 1. The Bertz CT molecular complexity index is 791. The van der Waals surface area contributed by atoms with Crippen molar-refractivity contribution >= 4 is 37.7 Å². The minimum Gasteiger partial charge on any atom is -0.478 e. The van der Waals surface area contributed by atoms with Gasteiger partial charge < -0.3 is 5.11 Å². The van der Waals surface area contributed by atoms with E-state index in [0.29, 0.717) is 10.2 Å². The molecule has 1 aromatic heterocycles. The molecule has 2 aromatic rings. The Labute approximate surface area is 129 Å². The van der Waals surface area contributed by atoms with Crippen LogP contribution in [-0.4, -0.2) is 29.5 Å². The summed E-state index contributed by atoms with van der Waals surface area (Å²) in [5.41, 5.74) is 0.407. The van der Waals surface area contributed by atoms with Gasteiger partial charge in [0.1, 0.15) is 4.60 Å². The topological polar surface area (TPSA) is 109 Å². The van der Waals surface area contributed by atoms with Crippen LogP contribution in [0.3, 0.4) is 0 Å². The molecule has 21 heavy (non-hydrogen) atoms. The number of carbonyl (C=O) groups is 1. The average molecular weight is 372 g/mol. The van der Waals surface area contributed by atoms with Gasteiger partial charge in [0, 0.05) is 0 Å². The summed E-state index contributed by atoms with van der Waals surface area (Å²) in [6.07, 6.45) is 2.59. The van der Waals surface area contributed by atoms with Crippen LogP contribution in [0.1, 0.15) is 15.9 Å². The van der Waals surface area contributed by atoms with Crippen LogP contribution in [-0.2, 0) is 10.0 Å². The molecule has 0 spiro atoms. The van der Waals surface area contributed by atoms with Crippen LogP contribution < -0.4 is 4.72 Å². The Morgan fingerprint density at radius 2 is 2.00 bits per heavy atom. The molecular weight excluding hydrogens is 362 g/mol. The van der Waals surface area contributed by atoms with Gasteiger partial charge >= 0.3 is 5.97 Å². The predicted molar refractivity (Wildman–Crippen MR) is 78.7 cm³/mol. The Morgan fingerprint density at radius 1 is 1.29 bits per heavy atom. The number of hydrogen-bond donors (Lipinski definition) is 2. The van der Waals surface area contributed by atoms with Crippen LogP contribution in [0.25, 0.3) is 0 Å². The van der Waals surface area contributed by atoms with E-state index in [1.54, 1.807) is 6.92 Å². The standard InChI is InChI=1S/C12H10BrN3O4S/c1-7-2-3-8(4-9(7)12(17)18)21(19,20)16-11-6-14-10(13)5-15-11/h2-6H,1H3,(H,15,16)(H,17,18). The van der Waals surface area contributed by atoms with E-state index in [1.165, 1.54) is 24.5 Å². The smallest absolute Gasteiger partial charge is 0.335 e. The van der Waals surface area contributed by atoms with Crippen LogP contribution in [0.2, 0.25) is 0 Å². The first-order valence-corrected chi connectivity index (χ1v) is 7.91. The molecule has 1 heterocycles. The maximum absolute atomic E-state index is 12.2. The van der Waals surface area contributed by atoms with Gasteiger partial charge in [0.25, 0.3) is 10.0 Å². The van der Waals surface area contributed by atoms with E-state index in [-0.39, 0.29) is 16.3 Å². The van der Waals surface area contributed by atoms with Crippen LogP contribution in [0.15, 0.2) is 40.1 Å². The van der Waals surface area contributed by atoms with Crippen molar-refractivity contribution < 1.29 is 18.3 Å². The third-order valence-electron chi connectivity index (χ3n) is 2.61. The van der Waals surface area contributed by atoms with Crippen molar-refractivity contribution in [2.45, 2.75) is 11.8 Å². The molecule has 2 N–H and O–H groups in total. The van der Waals surface area contributed by atoms with E-state index in [4.69, 9.17) is 5.11 Å². The molecule has 0 aliphatic heterocycles. The lowest BCUT2D eigenvalue weighted by Gasteiger charge is -2.09. The number of benzene rings is 1. The first-order valence-electron chi connectivity index (χ1n) is 5.64. The number of aromatic nitrogens is 2. The maximum atomic E-state index is 12.2. The zero-order valence-electron chi connectivity index (χ0n) is 10.7. The summed E-state index contributed by atoms with van der Waals surface area (Å²) in [6, 6.07) is 3.87. The molecular formula is C12H10BrN3O4S. The fourth-order valence-electron chi connectivity index (χ4n) is 1.56. The molecule has 110 valence electrons. The highest BCUT2D eigenvalue weighted by Gasteiger charge is 2.18. The summed E-state index contributed by atoms with van der Waals surface area (Å²) >= 11 is 3.09. The van der Waals surface area contributed by atoms with Crippen LogP contribution in [0.4, 0.5) is 5.82 Å². The number of rotatable bonds is 4.